The van der Waals surface area contributed by atoms with Crippen LogP contribution in [0, 0.1) is 0 Å². The van der Waals surface area contributed by atoms with Crippen LogP contribution >= 0.6 is 11.8 Å². The molecule has 0 unspecified atom stereocenters. The van der Waals surface area contributed by atoms with Gasteiger partial charge in [0.15, 0.2) is 0 Å². The summed E-state index contributed by atoms with van der Waals surface area (Å²) in [5.41, 5.74) is 1.24. The highest BCUT2D eigenvalue weighted by Crippen LogP contribution is 2.26. The number of rotatable bonds is 6. The number of thioether (sulfide) groups is 1. The molecule has 0 aromatic heterocycles. The van der Waals surface area contributed by atoms with Crippen molar-refractivity contribution in [3.8, 4) is 11.5 Å². The van der Waals surface area contributed by atoms with E-state index in [4.69, 9.17) is 9.47 Å². The van der Waals surface area contributed by atoms with Gasteiger partial charge in [-0.25, -0.2) is 0 Å². The standard InChI is InChI=1S/C14H22O2S/c1-10(2)15-13-6-12(9-17-5)7-14(8-13)16-11(3)4/h6-8,10-11H,9H2,1-5H3. The van der Waals surface area contributed by atoms with E-state index in [2.05, 4.69) is 18.4 Å². The molecule has 3 heteroatoms. The molecule has 0 bridgehead atoms. The van der Waals surface area contributed by atoms with E-state index in [1.807, 2.05) is 33.8 Å². The number of benzene rings is 1. The molecular weight excluding hydrogens is 232 g/mol. The molecule has 0 N–H and O–H groups in total. The van der Waals surface area contributed by atoms with Crippen LogP contribution in [-0.2, 0) is 5.75 Å². The number of hydrogen-bond donors (Lipinski definition) is 0. The zero-order valence-corrected chi connectivity index (χ0v) is 12.1. The van der Waals surface area contributed by atoms with E-state index in [9.17, 15) is 0 Å². The summed E-state index contributed by atoms with van der Waals surface area (Å²) in [5.74, 6) is 2.76. The minimum Gasteiger partial charge on any atom is -0.491 e. The van der Waals surface area contributed by atoms with Crippen LogP contribution in [0.1, 0.15) is 33.3 Å². The van der Waals surface area contributed by atoms with Crippen molar-refractivity contribution in [1.29, 1.82) is 0 Å². The first-order valence-electron chi connectivity index (χ1n) is 5.97. The summed E-state index contributed by atoms with van der Waals surface area (Å²) in [6.45, 7) is 8.13. The Hall–Kier alpha value is -0.830. The normalized spacial score (nSPS) is 11.0. The Morgan fingerprint density at radius 3 is 1.76 bits per heavy atom. The van der Waals surface area contributed by atoms with E-state index >= 15 is 0 Å². The maximum Gasteiger partial charge on any atom is 0.123 e. The summed E-state index contributed by atoms with van der Waals surface area (Å²) in [4.78, 5) is 0. The van der Waals surface area contributed by atoms with Gasteiger partial charge in [0.25, 0.3) is 0 Å². The molecule has 0 saturated carbocycles. The van der Waals surface area contributed by atoms with E-state index in [1.165, 1.54) is 5.56 Å². The van der Waals surface area contributed by atoms with Crippen molar-refractivity contribution in [2.24, 2.45) is 0 Å². The quantitative estimate of drug-likeness (QED) is 0.760. The maximum absolute atomic E-state index is 5.73. The van der Waals surface area contributed by atoms with Crippen LogP contribution in [-0.4, -0.2) is 18.5 Å². The van der Waals surface area contributed by atoms with Crippen molar-refractivity contribution in [2.75, 3.05) is 6.26 Å². The Morgan fingerprint density at radius 1 is 0.941 bits per heavy atom. The van der Waals surface area contributed by atoms with Gasteiger partial charge in [0.2, 0.25) is 0 Å². The molecule has 0 heterocycles. The second-order valence-corrected chi connectivity index (χ2v) is 5.44. The van der Waals surface area contributed by atoms with Gasteiger partial charge in [-0.2, -0.15) is 11.8 Å². The lowest BCUT2D eigenvalue weighted by molar-refractivity contribution is 0.229. The molecule has 0 spiro atoms. The number of hydrogen-bond acceptors (Lipinski definition) is 3. The topological polar surface area (TPSA) is 18.5 Å². The van der Waals surface area contributed by atoms with E-state index < -0.39 is 0 Å². The van der Waals surface area contributed by atoms with Gasteiger partial charge >= 0.3 is 0 Å². The Kier molecular flexibility index (Phi) is 5.69. The van der Waals surface area contributed by atoms with Gasteiger partial charge in [-0.05, 0) is 51.6 Å². The fourth-order valence-electron chi connectivity index (χ4n) is 1.56. The van der Waals surface area contributed by atoms with Crippen LogP contribution < -0.4 is 9.47 Å². The largest absolute Gasteiger partial charge is 0.491 e. The van der Waals surface area contributed by atoms with Crippen LogP contribution in [0.2, 0.25) is 0 Å². The highest BCUT2D eigenvalue weighted by Gasteiger charge is 2.06. The van der Waals surface area contributed by atoms with Crippen molar-refractivity contribution >= 4 is 11.8 Å². The summed E-state index contributed by atoms with van der Waals surface area (Å²) in [5, 5.41) is 0. The minimum atomic E-state index is 0.187. The maximum atomic E-state index is 5.73. The molecule has 1 rings (SSSR count). The van der Waals surface area contributed by atoms with E-state index in [-0.39, 0.29) is 12.2 Å². The van der Waals surface area contributed by atoms with Gasteiger partial charge in [0, 0.05) is 11.8 Å². The molecule has 1 aromatic carbocycles. The highest BCUT2D eigenvalue weighted by atomic mass is 32.2. The predicted octanol–water partition coefficient (Wildman–Crippen LogP) is 4.12. The summed E-state index contributed by atoms with van der Waals surface area (Å²) >= 11 is 1.80. The highest BCUT2D eigenvalue weighted by molar-refractivity contribution is 7.97. The van der Waals surface area contributed by atoms with Crippen LogP contribution in [0.15, 0.2) is 18.2 Å². The molecule has 1 aromatic rings. The lowest BCUT2D eigenvalue weighted by Gasteiger charge is -2.15. The van der Waals surface area contributed by atoms with Gasteiger partial charge in [0.05, 0.1) is 12.2 Å². The molecule has 96 valence electrons. The molecule has 0 fully saturated rings. The van der Waals surface area contributed by atoms with E-state index in [1.54, 1.807) is 11.8 Å². The molecule has 0 aliphatic carbocycles. The molecule has 0 amide bonds. The van der Waals surface area contributed by atoms with Crippen molar-refractivity contribution in [3.05, 3.63) is 23.8 Å². The third-order valence-electron chi connectivity index (χ3n) is 1.99. The summed E-state index contributed by atoms with van der Waals surface area (Å²) in [7, 11) is 0. The van der Waals surface area contributed by atoms with E-state index in [0.717, 1.165) is 17.3 Å². The van der Waals surface area contributed by atoms with Crippen molar-refractivity contribution in [2.45, 2.75) is 45.7 Å². The van der Waals surface area contributed by atoms with Gasteiger partial charge < -0.3 is 9.47 Å². The Morgan fingerprint density at radius 2 is 1.41 bits per heavy atom. The van der Waals surface area contributed by atoms with Crippen LogP contribution in [0.4, 0.5) is 0 Å². The smallest absolute Gasteiger partial charge is 0.123 e. The monoisotopic (exact) mass is 254 g/mol. The lowest BCUT2D eigenvalue weighted by atomic mass is 10.2. The van der Waals surface area contributed by atoms with Gasteiger partial charge in [0.1, 0.15) is 11.5 Å². The molecule has 0 aliphatic heterocycles. The fraction of sp³-hybridized carbons (Fsp3) is 0.571. The van der Waals surface area contributed by atoms with Gasteiger partial charge in [-0.1, -0.05) is 0 Å². The molecule has 0 aliphatic rings. The Balaban J connectivity index is 2.91. The first-order chi connectivity index (χ1) is 8.01. The van der Waals surface area contributed by atoms with Crippen LogP contribution in [0.5, 0.6) is 11.5 Å². The first-order valence-corrected chi connectivity index (χ1v) is 7.37. The third-order valence-corrected chi connectivity index (χ3v) is 2.62. The second kappa shape index (κ2) is 6.80. The zero-order chi connectivity index (χ0) is 12.8. The molecule has 0 radical (unpaired) electrons. The summed E-state index contributed by atoms with van der Waals surface area (Å²) in [6.07, 6.45) is 2.47. The minimum absolute atomic E-state index is 0.187. The SMILES string of the molecule is CSCc1cc(OC(C)C)cc(OC(C)C)c1. The van der Waals surface area contributed by atoms with Crippen molar-refractivity contribution < 1.29 is 9.47 Å². The summed E-state index contributed by atoms with van der Waals surface area (Å²) in [6, 6.07) is 6.14. The lowest BCUT2D eigenvalue weighted by Crippen LogP contribution is -2.08. The van der Waals surface area contributed by atoms with Gasteiger partial charge in [-0.3, -0.25) is 0 Å². The van der Waals surface area contributed by atoms with Crippen molar-refractivity contribution in [3.63, 3.8) is 0 Å². The fourth-order valence-corrected chi connectivity index (χ4v) is 2.06. The Bertz CT molecular complexity index is 320. The molecule has 17 heavy (non-hydrogen) atoms. The van der Waals surface area contributed by atoms with Crippen LogP contribution in [0.3, 0.4) is 0 Å². The molecular formula is C14H22O2S. The summed E-state index contributed by atoms with van der Waals surface area (Å²) < 4.78 is 11.5. The number of ether oxygens (including phenoxy) is 2. The molecule has 2 nitrogen and oxygen atoms in total. The zero-order valence-electron chi connectivity index (χ0n) is 11.3. The predicted molar refractivity (Wildman–Crippen MR) is 75.2 cm³/mol. The second-order valence-electron chi connectivity index (χ2n) is 4.58. The van der Waals surface area contributed by atoms with Crippen LogP contribution in [0.25, 0.3) is 0 Å². The average Bonchev–Trinajstić information content (AvgIpc) is 2.14. The molecule has 0 saturated heterocycles. The average molecular weight is 254 g/mol. The van der Waals surface area contributed by atoms with E-state index in [0.29, 0.717) is 0 Å². The Labute approximate surface area is 109 Å². The third kappa shape index (κ3) is 5.35. The van der Waals surface area contributed by atoms with Gasteiger partial charge in [-0.15, -0.1) is 0 Å². The molecule has 0 atom stereocenters. The van der Waals surface area contributed by atoms with Crippen molar-refractivity contribution in [1.82, 2.24) is 0 Å². The first kappa shape index (κ1) is 14.2.